The summed E-state index contributed by atoms with van der Waals surface area (Å²) in [6, 6.07) is 5.94. The molecule has 2 saturated heterocycles. The van der Waals surface area contributed by atoms with Gasteiger partial charge in [0.25, 0.3) is 5.91 Å². The minimum atomic E-state index is -0.121. The minimum Gasteiger partial charge on any atom is -0.493 e. The fraction of sp³-hybridized carbons (Fsp3) is 0.450. The van der Waals surface area contributed by atoms with Crippen molar-refractivity contribution in [1.29, 1.82) is 5.26 Å². The summed E-state index contributed by atoms with van der Waals surface area (Å²) in [6.45, 7) is 2.44. The quantitative estimate of drug-likeness (QED) is 0.822. The molecule has 0 aliphatic carbocycles. The summed E-state index contributed by atoms with van der Waals surface area (Å²) in [5, 5.41) is 16.6. The smallest absolute Gasteiger partial charge is 0.251 e. The number of aryl methyl sites for hydroxylation is 1. The van der Waals surface area contributed by atoms with Crippen molar-refractivity contribution in [3.05, 3.63) is 36.2 Å². The highest BCUT2D eigenvalue weighted by Crippen LogP contribution is 2.37. The molecule has 0 unspecified atom stereocenters. The highest BCUT2D eigenvalue weighted by Gasteiger charge is 2.46. The van der Waals surface area contributed by atoms with Gasteiger partial charge >= 0.3 is 0 Å². The van der Waals surface area contributed by atoms with Crippen molar-refractivity contribution in [3.8, 4) is 23.1 Å². The lowest BCUT2D eigenvalue weighted by Crippen LogP contribution is -2.43. The summed E-state index contributed by atoms with van der Waals surface area (Å²) in [5.74, 6) is 0.550. The molecule has 7 heteroatoms. The van der Waals surface area contributed by atoms with E-state index in [4.69, 9.17) is 4.74 Å². The number of carbonyl (C=O) groups is 1. The number of ether oxygens (including phenoxy) is 1. The molecule has 0 saturated carbocycles. The molecule has 1 aromatic heterocycles. The van der Waals surface area contributed by atoms with Gasteiger partial charge in [0, 0.05) is 36.0 Å². The Kier molecular flexibility index (Phi) is 4.48. The third-order valence-corrected chi connectivity index (χ3v) is 5.53. The lowest BCUT2D eigenvalue weighted by molar-refractivity contribution is 0.0928. The molecule has 0 radical (unpaired) electrons. The second-order valence-electron chi connectivity index (χ2n) is 7.17. The summed E-state index contributed by atoms with van der Waals surface area (Å²) in [6.07, 6.45) is 8.83. The Hall–Kier alpha value is -3.01. The predicted octanol–water partition coefficient (Wildman–Crippen LogP) is 2.30. The molecule has 2 aliphatic rings. The number of fused-ring (bicyclic) bond motifs is 2. The normalized spacial score (nSPS) is 23.3. The Bertz CT molecular complexity index is 900. The fourth-order valence-electron chi connectivity index (χ4n) is 4.29. The molecule has 7 nitrogen and oxygen atoms in total. The molecule has 3 atom stereocenters. The number of carbonyl (C=O) groups excluding carboxylic acids is 1. The molecule has 0 spiro atoms. The average molecular weight is 365 g/mol. The molecule has 140 valence electrons. The maximum Gasteiger partial charge on any atom is 0.251 e. The summed E-state index contributed by atoms with van der Waals surface area (Å²) >= 11 is 0. The zero-order valence-corrected chi connectivity index (χ0v) is 15.6. The first-order chi connectivity index (χ1) is 13.1. The van der Waals surface area contributed by atoms with E-state index < -0.39 is 0 Å². The van der Waals surface area contributed by atoms with E-state index in [2.05, 4.69) is 16.6 Å². The van der Waals surface area contributed by atoms with Gasteiger partial charge in [0.2, 0.25) is 0 Å². The van der Waals surface area contributed by atoms with Crippen LogP contribution in [0.3, 0.4) is 0 Å². The monoisotopic (exact) mass is 365 g/mol. The first kappa shape index (κ1) is 17.4. The van der Waals surface area contributed by atoms with Crippen molar-refractivity contribution in [2.45, 2.75) is 44.3 Å². The van der Waals surface area contributed by atoms with Gasteiger partial charge in [-0.3, -0.25) is 9.48 Å². The summed E-state index contributed by atoms with van der Waals surface area (Å²) in [7, 11) is 1.87. The van der Waals surface area contributed by atoms with Crippen LogP contribution in [0.4, 0.5) is 0 Å². The maximum atomic E-state index is 12.8. The van der Waals surface area contributed by atoms with Crippen molar-refractivity contribution in [2.24, 2.45) is 7.05 Å². The molecule has 2 bridgehead atoms. The molecule has 2 aromatic rings. The summed E-state index contributed by atoms with van der Waals surface area (Å²) in [5.41, 5.74) is 2.43. The highest BCUT2D eigenvalue weighted by atomic mass is 16.5. The zero-order chi connectivity index (χ0) is 19.0. The van der Waals surface area contributed by atoms with E-state index >= 15 is 0 Å². The Morgan fingerprint density at radius 1 is 1.44 bits per heavy atom. The van der Waals surface area contributed by atoms with Gasteiger partial charge in [-0.25, -0.2) is 0 Å². The van der Waals surface area contributed by atoms with Gasteiger partial charge in [0.05, 0.1) is 24.9 Å². The van der Waals surface area contributed by atoms with Crippen molar-refractivity contribution < 1.29 is 9.53 Å². The molecule has 27 heavy (non-hydrogen) atoms. The molecule has 2 aliphatic heterocycles. The van der Waals surface area contributed by atoms with E-state index in [1.165, 1.54) is 0 Å². The molecule has 1 N–H and O–H groups in total. The van der Waals surface area contributed by atoms with Crippen LogP contribution in [0.5, 0.6) is 5.75 Å². The maximum absolute atomic E-state index is 12.8. The van der Waals surface area contributed by atoms with Gasteiger partial charge in [0.1, 0.15) is 5.75 Å². The van der Waals surface area contributed by atoms with Crippen molar-refractivity contribution in [1.82, 2.24) is 20.0 Å². The van der Waals surface area contributed by atoms with E-state index in [0.717, 1.165) is 30.4 Å². The minimum absolute atomic E-state index is 0.0319. The number of nitriles is 1. The van der Waals surface area contributed by atoms with Crippen LogP contribution >= 0.6 is 0 Å². The van der Waals surface area contributed by atoms with Gasteiger partial charge in [-0.15, -0.1) is 0 Å². The van der Waals surface area contributed by atoms with Gasteiger partial charge < -0.3 is 15.0 Å². The van der Waals surface area contributed by atoms with Crippen LogP contribution < -0.4 is 10.1 Å². The SMILES string of the molecule is CCOc1cc(C(=O)N[C@@H]2C[C@@H]3CC[C@H]2N3C#N)ccc1-c1cnn(C)c1. The molecular formula is C20H23N5O2. The third kappa shape index (κ3) is 3.12. The summed E-state index contributed by atoms with van der Waals surface area (Å²) in [4.78, 5) is 14.6. The number of nitrogens with one attached hydrogen (secondary N) is 1. The number of benzene rings is 1. The molecule has 3 heterocycles. The van der Waals surface area contributed by atoms with E-state index in [9.17, 15) is 10.1 Å². The Morgan fingerprint density at radius 2 is 2.30 bits per heavy atom. The lowest BCUT2D eigenvalue weighted by Gasteiger charge is -2.22. The molecule has 2 fully saturated rings. The highest BCUT2D eigenvalue weighted by molar-refractivity contribution is 5.95. The molecule has 1 amide bonds. The van der Waals surface area contributed by atoms with Gasteiger partial charge in [0.15, 0.2) is 6.19 Å². The number of hydrogen-bond acceptors (Lipinski definition) is 5. The Balaban J connectivity index is 1.54. The Labute approximate surface area is 158 Å². The van der Waals surface area contributed by atoms with Gasteiger partial charge in [-0.05, 0) is 44.4 Å². The third-order valence-electron chi connectivity index (χ3n) is 5.53. The van der Waals surface area contributed by atoms with E-state index in [-0.39, 0.29) is 24.0 Å². The molecule has 1 aromatic carbocycles. The van der Waals surface area contributed by atoms with Crippen LogP contribution in [-0.2, 0) is 7.05 Å². The van der Waals surface area contributed by atoms with Gasteiger partial charge in [-0.1, -0.05) is 0 Å². The van der Waals surface area contributed by atoms with E-state index in [1.807, 2.05) is 37.2 Å². The average Bonchev–Trinajstić information content (AvgIpc) is 3.35. The first-order valence-corrected chi connectivity index (χ1v) is 9.35. The largest absolute Gasteiger partial charge is 0.493 e. The van der Waals surface area contributed by atoms with Crippen LogP contribution in [0.15, 0.2) is 30.6 Å². The van der Waals surface area contributed by atoms with Crippen LogP contribution in [-0.4, -0.2) is 45.3 Å². The first-order valence-electron chi connectivity index (χ1n) is 9.35. The molecular weight excluding hydrogens is 342 g/mol. The summed E-state index contributed by atoms with van der Waals surface area (Å²) < 4.78 is 7.51. The van der Waals surface area contributed by atoms with Crippen LogP contribution in [0, 0.1) is 11.5 Å². The van der Waals surface area contributed by atoms with E-state index in [1.54, 1.807) is 16.9 Å². The molecule has 4 rings (SSSR count). The van der Waals surface area contributed by atoms with Crippen molar-refractivity contribution >= 4 is 5.91 Å². The van der Waals surface area contributed by atoms with Crippen LogP contribution in [0.1, 0.15) is 36.5 Å². The second-order valence-corrected chi connectivity index (χ2v) is 7.17. The number of nitrogens with zero attached hydrogens (tertiary/aromatic N) is 4. The van der Waals surface area contributed by atoms with Crippen molar-refractivity contribution in [3.63, 3.8) is 0 Å². The number of aromatic nitrogens is 2. The standard InChI is InChI=1S/C20H23N5O2/c1-3-27-19-8-13(4-6-16(19)14-10-22-24(2)11-14)20(26)23-17-9-15-5-7-18(17)25(15)12-21/h4,6,8,10-11,15,17-18H,3,5,7,9H2,1-2H3,(H,23,26)/t15-,17+,18+/m0/s1. The predicted molar refractivity (Wildman–Crippen MR) is 99.9 cm³/mol. The zero-order valence-electron chi connectivity index (χ0n) is 15.6. The second kappa shape index (κ2) is 6.95. The van der Waals surface area contributed by atoms with Crippen molar-refractivity contribution in [2.75, 3.05) is 6.61 Å². The van der Waals surface area contributed by atoms with Gasteiger partial charge in [-0.2, -0.15) is 10.4 Å². The number of hydrogen-bond donors (Lipinski definition) is 1. The Morgan fingerprint density at radius 3 is 2.96 bits per heavy atom. The lowest BCUT2D eigenvalue weighted by atomic mass is 9.95. The topological polar surface area (TPSA) is 83.2 Å². The number of amides is 1. The fourth-order valence-corrected chi connectivity index (χ4v) is 4.29. The van der Waals surface area contributed by atoms with Crippen LogP contribution in [0.2, 0.25) is 0 Å². The van der Waals surface area contributed by atoms with Crippen LogP contribution in [0.25, 0.3) is 11.1 Å². The van der Waals surface area contributed by atoms with E-state index in [0.29, 0.717) is 17.9 Å². The number of rotatable bonds is 5.